The quantitative estimate of drug-likeness (QED) is 0.832. The Balaban J connectivity index is 2.15. The van der Waals surface area contributed by atoms with Crippen LogP contribution in [0.2, 0.25) is 0 Å². The number of ether oxygens (including phenoxy) is 1. The molecule has 0 aliphatic heterocycles. The molecule has 2 rings (SSSR count). The van der Waals surface area contributed by atoms with Gasteiger partial charge in [0.1, 0.15) is 5.75 Å². The highest BCUT2D eigenvalue weighted by Gasteiger charge is 2.46. The molecule has 1 saturated carbocycles. The summed E-state index contributed by atoms with van der Waals surface area (Å²) < 4.78 is 5.24. The summed E-state index contributed by atoms with van der Waals surface area (Å²) in [4.78, 5) is 12.2. The molecule has 1 aliphatic rings. The number of amides is 1. The lowest BCUT2D eigenvalue weighted by Crippen LogP contribution is -2.28. The smallest absolute Gasteiger partial charge is 0.251 e. The van der Waals surface area contributed by atoms with E-state index in [2.05, 4.69) is 31.0 Å². The van der Waals surface area contributed by atoms with Gasteiger partial charge < -0.3 is 15.2 Å². The van der Waals surface area contributed by atoms with E-state index in [0.29, 0.717) is 23.3 Å². The van der Waals surface area contributed by atoms with Crippen molar-refractivity contribution < 1.29 is 14.6 Å². The third kappa shape index (κ3) is 3.77. The molecule has 1 unspecified atom stereocenters. The summed E-state index contributed by atoms with van der Waals surface area (Å²) in [5.41, 5.74) is 1.44. The van der Waals surface area contributed by atoms with Crippen LogP contribution in [0.1, 0.15) is 42.6 Å². The topological polar surface area (TPSA) is 58.6 Å². The van der Waals surface area contributed by atoms with E-state index in [-0.39, 0.29) is 24.0 Å². The molecule has 0 bridgehead atoms. The molecule has 1 aromatic carbocycles. The summed E-state index contributed by atoms with van der Waals surface area (Å²) in [5, 5.41) is 11.8. The second-order valence-electron chi connectivity index (χ2n) is 5.91. The highest BCUT2D eigenvalue weighted by atomic mass is 16.5. The van der Waals surface area contributed by atoms with Gasteiger partial charge in [0.15, 0.2) is 0 Å². The van der Waals surface area contributed by atoms with Gasteiger partial charge in [0, 0.05) is 18.0 Å². The first kappa shape index (κ1) is 15.4. The van der Waals surface area contributed by atoms with Gasteiger partial charge in [-0.15, -0.1) is 0 Å². The van der Waals surface area contributed by atoms with Gasteiger partial charge in [-0.3, -0.25) is 4.79 Å². The third-order valence-corrected chi connectivity index (χ3v) is 3.74. The molecule has 1 aromatic rings. The van der Waals surface area contributed by atoms with Crippen LogP contribution in [-0.4, -0.2) is 30.8 Å². The Labute approximate surface area is 125 Å². The van der Waals surface area contributed by atoms with Gasteiger partial charge in [-0.1, -0.05) is 25.7 Å². The van der Waals surface area contributed by atoms with Gasteiger partial charge >= 0.3 is 0 Å². The van der Waals surface area contributed by atoms with Crippen molar-refractivity contribution in [3.05, 3.63) is 29.3 Å². The first-order chi connectivity index (χ1) is 9.97. The van der Waals surface area contributed by atoms with Crippen LogP contribution >= 0.6 is 0 Å². The summed E-state index contributed by atoms with van der Waals surface area (Å²) in [5.74, 6) is 6.32. The molecule has 0 heterocycles. The Morgan fingerprint density at radius 1 is 1.52 bits per heavy atom. The number of hydrogen-bond donors (Lipinski definition) is 2. The molecule has 1 fully saturated rings. The van der Waals surface area contributed by atoms with E-state index in [1.165, 1.54) is 0 Å². The lowest BCUT2D eigenvalue weighted by Gasteiger charge is -2.09. The normalized spacial score (nSPS) is 18.4. The Hall–Kier alpha value is -1.99. The first-order valence-electron chi connectivity index (χ1n) is 7.06. The van der Waals surface area contributed by atoms with Crippen molar-refractivity contribution in [1.82, 2.24) is 5.32 Å². The monoisotopic (exact) mass is 287 g/mol. The van der Waals surface area contributed by atoms with E-state index in [1.54, 1.807) is 25.3 Å². The minimum Gasteiger partial charge on any atom is -0.495 e. The van der Waals surface area contributed by atoms with Crippen LogP contribution in [0.3, 0.4) is 0 Å². The molecular formula is C17H21NO3. The third-order valence-electron chi connectivity index (χ3n) is 3.74. The molecule has 4 heteroatoms. The van der Waals surface area contributed by atoms with Crippen LogP contribution in [0.4, 0.5) is 0 Å². The van der Waals surface area contributed by atoms with Gasteiger partial charge in [-0.05, 0) is 30.0 Å². The van der Waals surface area contributed by atoms with Gasteiger partial charge in [0.2, 0.25) is 0 Å². The SMILES string of the molecule is COc1ccc(C(=O)NC2CC2(C)C)cc1C#CCCO. The van der Waals surface area contributed by atoms with Gasteiger partial charge in [0.05, 0.1) is 19.3 Å². The van der Waals surface area contributed by atoms with Crippen LogP contribution in [0, 0.1) is 17.3 Å². The van der Waals surface area contributed by atoms with Crippen LogP contribution in [0.5, 0.6) is 5.75 Å². The number of rotatable bonds is 4. The van der Waals surface area contributed by atoms with Crippen molar-refractivity contribution in [2.75, 3.05) is 13.7 Å². The fourth-order valence-corrected chi connectivity index (χ4v) is 2.12. The summed E-state index contributed by atoms with van der Waals surface area (Å²) in [6.45, 7) is 4.29. The number of aliphatic hydroxyl groups excluding tert-OH is 1. The molecule has 112 valence electrons. The first-order valence-corrected chi connectivity index (χ1v) is 7.06. The lowest BCUT2D eigenvalue weighted by molar-refractivity contribution is 0.0946. The molecule has 21 heavy (non-hydrogen) atoms. The van der Waals surface area contributed by atoms with E-state index in [0.717, 1.165) is 6.42 Å². The summed E-state index contributed by atoms with van der Waals surface area (Å²) in [6.07, 6.45) is 1.41. The highest BCUT2D eigenvalue weighted by molar-refractivity contribution is 5.95. The molecule has 1 atom stereocenters. The lowest BCUT2D eigenvalue weighted by atomic mass is 10.1. The standard InChI is InChI=1S/C17H21NO3/c1-17(2)11-15(17)18-16(20)13-7-8-14(21-3)12(10-13)6-4-5-9-19/h7-8,10,15,19H,5,9,11H2,1-3H3,(H,18,20). The van der Waals surface area contributed by atoms with Crippen molar-refractivity contribution in [2.24, 2.45) is 5.41 Å². The number of carbonyl (C=O) groups is 1. The van der Waals surface area contributed by atoms with E-state index >= 15 is 0 Å². The Bertz CT molecular complexity index is 596. The van der Waals surface area contributed by atoms with Crippen LogP contribution < -0.4 is 10.1 Å². The molecule has 0 aromatic heterocycles. The molecule has 0 saturated heterocycles. The number of aliphatic hydroxyl groups is 1. The number of hydrogen-bond acceptors (Lipinski definition) is 3. The predicted molar refractivity (Wildman–Crippen MR) is 81.2 cm³/mol. The van der Waals surface area contributed by atoms with Crippen molar-refractivity contribution in [2.45, 2.75) is 32.7 Å². The summed E-state index contributed by atoms with van der Waals surface area (Å²) >= 11 is 0. The fraction of sp³-hybridized carbons (Fsp3) is 0.471. The number of methoxy groups -OCH3 is 1. The molecular weight excluding hydrogens is 266 g/mol. The minimum atomic E-state index is -0.0848. The maximum Gasteiger partial charge on any atom is 0.251 e. The second kappa shape index (κ2) is 6.19. The molecule has 1 aliphatic carbocycles. The summed E-state index contributed by atoms with van der Waals surface area (Å²) in [6, 6.07) is 5.46. The van der Waals surface area contributed by atoms with E-state index in [9.17, 15) is 4.79 Å². The molecule has 0 spiro atoms. The zero-order valence-electron chi connectivity index (χ0n) is 12.7. The fourth-order valence-electron chi connectivity index (χ4n) is 2.12. The van der Waals surface area contributed by atoms with Crippen molar-refractivity contribution in [3.8, 4) is 17.6 Å². The number of benzene rings is 1. The van der Waals surface area contributed by atoms with Crippen LogP contribution in [-0.2, 0) is 0 Å². The zero-order chi connectivity index (χ0) is 15.5. The maximum absolute atomic E-state index is 12.2. The second-order valence-corrected chi connectivity index (χ2v) is 5.91. The number of nitrogens with one attached hydrogen (secondary N) is 1. The van der Waals surface area contributed by atoms with Crippen LogP contribution in [0.15, 0.2) is 18.2 Å². The predicted octanol–water partition coefficient (Wildman–Crippen LogP) is 1.96. The van der Waals surface area contributed by atoms with Crippen molar-refractivity contribution >= 4 is 5.91 Å². The Morgan fingerprint density at radius 3 is 2.81 bits per heavy atom. The van der Waals surface area contributed by atoms with E-state index < -0.39 is 0 Å². The minimum absolute atomic E-state index is 0.0201. The average Bonchev–Trinajstić information content (AvgIpc) is 3.05. The Kier molecular flexibility index (Phi) is 4.54. The molecule has 2 N–H and O–H groups in total. The molecule has 0 radical (unpaired) electrons. The van der Waals surface area contributed by atoms with Crippen molar-refractivity contribution in [1.29, 1.82) is 0 Å². The van der Waals surface area contributed by atoms with Crippen LogP contribution in [0.25, 0.3) is 0 Å². The average molecular weight is 287 g/mol. The van der Waals surface area contributed by atoms with Crippen molar-refractivity contribution in [3.63, 3.8) is 0 Å². The van der Waals surface area contributed by atoms with E-state index in [4.69, 9.17) is 9.84 Å². The highest BCUT2D eigenvalue weighted by Crippen LogP contribution is 2.44. The maximum atomic E-state index is 12.2. The van der Waals surface area contributed by atoms with E-state index in [1.807, 2.05) is 0 Å². The van der Waals surface area contributed by atoms with Gasteiger partial charge in [-0.25, -0.2) is 0 Å². The van der Waals surface area contributed by atoms with Gasteiger partial charge in [0.25, 0.3) is 5.91 Å². The molecule has 4 nitrogen and oxygen atoms in total. The largest absolute Gasteiger partial charge is 0.495 e. The van der Waals surface area contributed by atoms with Gasteiger partial charge in [-0.2, -0.15) is 0 Å². The number of carbonyl (C=O) groups excluding carboxylic acids is 1. The Morgan fingerprint density at radius 2 is 2.24 bits per heavy atom. The summed E-state index contributed by atoms with van der Waals surface area (Å²) in [7, 11) is 1.57. The zero-order valence-corrected chi connectivity index (χ0v) is 12.7. The molecule has 1 amide bonds.